The highest BCUT2D eigenvalue weighted by Gasteiger charge is 2.33. The largest absolute Gasteiger partial charge is 0.0772 e. The summed E-state index contributed by atoms with van der Waals surface area (Å²) in [5.74, 6) is 1.64. The highest BCUT2D eigenvalue weighted by atomic mass is 14.4. The first kappa shape index (κ1) is 13.9. The molecule has 2 unspecified atom stereocenters. The fourth-order valence-electron chi connectivity index (χ4n) is 4.47. The average molecular weight is 268 g/mol. The van der Waals surface area contributed by atoms with Crippen LogP contribution in [0.5, 0.6) is 0 Å². The molecule has 0 N–H and O–H groups in total. The van der Waals surface area contributed by atoms with Gasteiger partial charge >= 0.3 is 0 Å². The Hall–Kier alpha value is -1.04. The van der Waals surface area contributed by atoms with Crippen molar-refractivity contribution in [1.82, 2.24) is 0 Å². The second kappa shape index (κ2) is 5.39. The molecule has 20 heavy (non-hydrogen) atoms. The van der Waals surface area contributed by atoms with E-state index in [4.69, 9.17) is 0 Å². The van der Waals surface area contributed by atoms with Crippen molar-refractivity contribution in [3.8, 4) is 0 Å². The second-order valence-corrected chi connectivity index (χ2v) is 6.98. The molecule has 0 radical (unpaired) electrons. The van der Waals surface area contributed by atoms with E-state index in [1.807, 2.05) is 0 Å². The Morgan fingerprint density at radius 2 is 1.10 bits per heavy atom. The predicted molar refractivity (Wildman–Crippen MR) is 87.6 cm³/mol. The van der Waals surface area contributed by atoms with E-state index in [9.17, 15) is 0 Å². The van der Waals surface area contributed by atoms with Crippen molar-refractivity contribution in [2.45, 2.75) is 66.2 Å². The lowest BCUT2D eigenvalue weighted by molar-refractivity contribution is 0.303. The highest BCUT2D eigenvalue weighted by Crippen LogP contribution is 2.47. The van der Waals surface area contributed by atoms with Crippen molar-refractivity contribution in [3.63, 3.8) is 0 Å². The predicted octanol–water partition coefficient (Wildman–Crippen LogP) is 6.13. The monoisotopic (exact) mass is 268 g/mol. The molecule has 0 aliphatic heterocycles. The molecule has 0 aromatic rings. The lowest BCUT2D eigenvalue weighted by atomic mass is 9.70. The zero-order chi connectivity index (χ0) is 14.3. The van der Waals surface area contributed by atoms with Crippen LogP contribution in [0, 0.1) is 11.8 Å². The zero-order valence-corrected chi connectivity index (χ0v) is 13.6. The van der Waals surface area contributed by atoms with Gasteiger partial charge in [-0.3, -0.25) is 0 Å². The summed E-state index contributed by atoms with van der Waals surface area (Å²) in [5, 5.41) is 0. The summed E-state index contributed by atoms with van der Waals surface area (Å²) >= 11 is 0. The van der Waals surface area contributed by atoms with Gasteiger partial charge < -0.3 is 0 Å². The maximum Gasteiger partial charge on any atom is -0.0124 e. The van der Waals surface area contributed by atoms with Crippen molar-refractivity contribution in [3.05, 3.63) is 45.6 Å². The summed E-state index contributed by atoms with van der Waals surface area (Å²) in [6, 6.07) is 0. The third-order valence-corrected chi connectivity index (χ3v) is 6.06. The SMILES string of the molecule is CC1=CCC(C2CCCCC2C2=C(C)C(C)=CC2)=C1C. The zero-order valence-electron chi connectivity index (χ0n) is 13.6. The van der Waals surface area contributed by atoms with Gasteiger partial charge in [-0.05, 0) is 76.4 Å². The minimum absolute atomic E-state index is 0.821. The summed E-state index contributed by atoms with van der Waals surface area (Å²) < 4.78 is 0. The fraction of sp³-hybridized carbons (Fsp3) is 0.600. The molecule has 0 bridgehead atoms. The standard InChI is InChI=1S/C20H28/c1-13-9-11-17(15(13)3)19-7-5-6-8-20(19)18-12-10-14(2)16(18)4/h9-10,19-20H,5-8,11-12H2,1-4H3. The molecule has 0 spiro atoms. The third kappa shape index (κ3) is 2.24. The van der Waals surface area contributed by atoms with Gasteiger partial charge in [0.2, 0.25) is 0 Å². The number of allylic oxidation sites excluding steroid dienone is 8. The molecule has 1 fully saturated rings. The van der Waals surface area contributed by atoms with E-state index in [1.54, 1.807) is 22.3 Å². The van der Waals surface area contributed by atoms with Crippen LogP contribution in [-0.2, 0) is 0 Å². The summed E-state index contributed by atoms with van der Waals surface area (Å²) in [5.41, 5.74) is 9.77. The van der Waals surface area contributed by atoms with Crippen LogP contribution in [0.3, 0.4) is 0 Å². The van der Waals surface area contributed by atoms with Crippen LogP contribution < -0.4 is 0 Å². The quantitative estimate of drug-likeness (QED) is 0.565. The lowest BCUT2D eigenvalue weighted by Gasteiger charge is -2.35. The summed E-state index contributed by atoms with van der Waals surface area (Å²) in [7, 11) is 0. The number of hydrogen-bond acceptors (Lipinski definition) is 0. The summed E-state index contributed by atoms with van der Waals surface area (Å²) in [6.07, 6.45) is 13.0. The molecular formula is C20H28. The number of hydrogen-bond donors (Lipinski definition) is 0. The normalized spacial score (nSPS) is 31.0. The van der Waals surface area contributed by atoms with Gasteiger partial charge in [0.25, 0.3) is 0 Å². The molecule has 0 aromatic heterocycles. The molecule has 2 atom stereocenters. The Kier molecular flexibility index (Phi) is 3.75. The minimum atomic E-state index is 0.821. The number of rotatable bonds is 2. The molecule has 1 saturated carbocycles. The maximum absolute atomic E-state index is 2.44. The lowest BCUT2D eigenvalue weighted by Crippen LogP contribution is -2.23. The molecule has 0 aromatic carbocycles. The molecule has 0 heterocycles. The molecule has 0 saturated heterocycles. The van der Waals surface area contributed by atoms with Gasteiger partial charge in [0.15, 0.2) is 0 Å². The van der Waals surface area contributed by atoms with E-state index >= 15 is 0 Å². The van der Waals surface area contributed by atoms with Crippen LogP contribution >= 0.6 is 0 Å². The molecule has 3 aliphatic carbocycles. The molecule has 0 nitrogen and oxygen atoms in total. The Bertz CT molecular complexity index is 486. The van der Waals surface area contributed by atoms with Crippen molar-refractivity contribution in [2.24, 2.45) is 11.8 Å². The maximum atomic E-state index is 2.44. The fourth-order valence-corrected chi connectivity index (χ4v) is 4.47. The van der Waals surface area contributed by atoms with Gasteiger partial charge in [0.05, 0.1) is 0 Å². The van der Waals surface area contributed by atoms with Gasteiger partial charge in [-0.15, -0.1) is 0 Å². The topological polar surface area (TPSA) is 0 Å². The van der Waals surface area contributed by atoms with E-state index < -0.39 is 0 Å². The second-order valence-electron chi connectivity index (χ2n) is 6.98. The smallest absolute Gasteiger partial charge is 0.0124 e. The summed E-state index contributed by atoms with van der Waals surface area (Å²) in [6.45, 7) is 9.26. The van der Waals surface area contributed by atoms with Crippen molar-refractivity contribution >= 4 is 0 Å². The Morgan fingerprint density at radius 1 is 0.700 bits per heavy atom. The Labute approximate surface area is 124 Å². The van der Waals surface area contributed by atoms with Crippen molar-refractivity contribution < 1.29 is 0 Å². The Balaban J connectivity index is 1.90. The molecule has 0 amide bonds. The van der Waals surface area contributed by atoms with Crippen LogP contribution in [-0.4, -0.2) is 0 Å². The third-order valence-electron chi connectivity index (χ3n) is 6.06. The van der Waals surface area contributed by atoms with Crippen molar-refractivity contribution in [1.29, 1.82) is 0 Å². The van der Waals surface area contributed by atoms with Gasteiger partial charge in [0.1, 0.15) is 0 Å². The van der Waals surface area contributed by atoms with E-state index in [-0.39, 0.29) is 0 Å². The van der Waals surface area contributed by atoms with E-state index in [1.165, 1.54) is 49.7 Å². The molecule has 0 heteroatoms. The Morgan fingerprint density at radius 3 is 1.40 bits per heavy atom. The van der Waals surface area contributed by atoms with Gasteiger partial charge in [-0.1, -0.05) is 47.3 Å². The first-order valence-electron chi connectivity index (χ1n) is 8.33. The average Bonchev–Trinajstić information content (AvgIpc) is 2.95. The van der Waals surface area contributed by atoms with E-state index in [0.717, 1.165) is 11.8 Å². The van der Waals surface area contributed by atoms with E-state index in [2.05, 4.69) is 39.8 Å². The van der Waals surface area contributed by atoms with Gasteiger partial charge in [-0.25, -0.2) is 0 Å². The van der Waals surface area contributed by atoms with Gasteiger partial charge in [0, 0.05) is 0 Å². The molecule has 3 rings (SSSR count). The van der Waals surface area contributed by atoms with Crippen LogP contribution in [0.4, 0.5) is 0 Å². The first-order valence-corrected chi connectivity index (χ1v) is 8.33. The van der Waals surface area contributed by atoms with Crippen molar-refractivity contribution in [2.75, 3.05) is 0 Å². The van der Waals surface area contributed by atoms with Crippen LogP contribution in [0.1, 0.15) is 66.2 Å². The van der Waals surface area contributed by atoms with Crippen LogP contribution in [0.2, 0.25) is 0 Å². The summed E-state index contributed by atoms with van der Waals surface area (Å²) in [4.78, 5) is 0. The molecule has 108 valence electrons. The van der Waals surface area contributed by atoms with E-state index in [0.29, 0.717) is 0 Å². The van der Waals surface area contributed by atoms with Gasteiger partial charge in [-0.2, -0.15) is 0 Å². The minimum Gasteiger partial charge on any atom is -0.0772 e. The highest BCUT2D eigenvalue weighted by molar-refractivity contribution is 5.45. The molecular weight excluding hydrogens is 240 g/mol. The van der Waals surface area contributed by atoms with Crippen LogP contribution in [0.15, 0.2) is 45.6 Å². The first-order chi connectivity index (χ1) is 9.59. The van der Waals surface area contributed by atoms with Crippen LogP contribution in [0.25, 0.3) is 0 Å². The molecule has 3 aliphatic rings.